The minimum Gasteiger partial charge on any atom is -0.298 e. The van der Waals surface area contributed by atoms with E-state index in [1.807, 2.05) is 44.9 Å². The fourth-order valence-corrected chi connectivity index (χ4v) is 1.11. The zero-order valence-electron chi connectivity index (χ0n) is 8.04. The van der Waals surface area contributed by atoms with Gasteiger partial charge in [0.2, 0.25) is 0 Å². The number of hydrogen-bond donors (Lipinski definition) is 0. The van der Waals surface area contributed by atoms with E-state index in [4.69, 9.17) is 11.6 Å². The van der Waals surface area contributed by atoms with Gasteiger partial charge in [0.25, 0.3) is 0 Å². The van der Waals surface area contributed by atoms with Crippen molar-refractivity contribution in [3.63, 3.8) is 0 Å². The van der Waals surface area contributed by atoms with Crippen molar-refractivity contribution in [2.24, 2.45) is 0 Å². The fourth-order valence-electron chi connectivity index (χ4n) is 0.958. The molecule has 2 fully saturated rings. The molecule has 0 saturated heterocycles. The number of ketones is 1. The Labute approximate surface area is 109 Å². The molecule has 0 heterocycles. The second kappa shape index (κ2) is 9.69. The first-order valence-electron chi connectivity index (χ1n) is 4.32. The van der Waals surface area contributed by atoms with Crippen molar-refractivity contribution in [1.82, 2.24) is 0 Å². The van der Waals surface area contributed by atoms with E-state index in [2.05, 4.69) is 0 Å². The van der Waals surface area contributed by atoms with Gasteiger partial charge in [0.05, 0.1) is 11.8 Å². The van der Waals surface area contributed by atoms with E-state index in [1.165, 1.54) is 0 Å². The summed E-state index contributed by atoms with van der Waals surface area (Å²) in [6.07, 6.45) is 17.1. The van der Waals surface area contributed by atoms with Gasteiger partial charge in [-0.1, -0.05) is 0 Å². The second-order valence-electron chi connectivity index (χ2n) is 2.69. The Bertz CT molecular complexity index is 155. The third kappa shape index (κ3) is 6.60. The van der Waals surface area contributed by atoms with Gasteiger partial charge in [-0.3, -0.25) is 4.79 Å². The third-order valence-electron chi connectivity index (χ3n) is 1.66. The Balaban J connectivity index is 0.000000280. The van der Waals surface area contributed by atoms with Gasteiger partial charge in [-0.15, -0.1) is 11.6 Å². The van der Waals surface area contributed by atoms with Crippen molar-refractivity contribution in [1.29, 1.82) is 0 Å². The predicted molar refractivity (Wildman–Crippen MR) is 57.7 cm³/mol. The van der Waals surface area contributed by atoms with Crippen molar-refractivity contribution in [2.45, 2.75) is 0 Å². The number of hydrogen-bond acceptors (Lipinski definition) is 1. The van der Waals surface area contributed by atoms with Gasteiger partial charge in [0, 0.05) is 17.1 Å². The summed E-state index contributed by atoms with van der Waals surface area (Å²) in [6.45, 7) is 0. The molecule has 2 saturated carbocycles. The van der Waals surface area contributed by atoms with E-state index in [9.17, 15) is 4.79 Å². The molecule has 15 heavy (non-hydrogen) atoms. The monoisotopic (exact) mass is 262 g/mol. The van der Waals surface area contributed by atoms with Crippen LogP contribution >= 0.6 is 11.6 Å². The number of alkyl halides is 1. The maximum atomic E-state index is 10.7. The molecule has 0 atom stereocenters. The molecule has 2 aliphatic carbocycles. The largest absolute Gasteiger partial charge is 0.298 e. The maximum absolute atomic E-state index is 10.7. The predicted octanol–water partition coefficient (Wildman–Crippen LogP) is 2.22. The van der Waals surface area contributed by atoms with Crippen molar-refractivity contribution < 1.29 is 21.9 Å². The maximum Gasteiger partial charge on any atom is 0.155 e. The van der Waals surface area contributed by atoms with Crippen LogP contribution in [0.1, 0.15) is 0 Å². The number of carbonyl (C=O) groups excluding carboxylic acids is 1. The van der Waals surface area contributed by atoms with Gasteiger partial charge in [0.15, 0.2) is 5.78 Å². The molecule has 10 radical (unpaired) electrons. The van der Waals surface area contributed by atoms with Gasteiger partial charge in [-0.2, -0.15) is 0 Å². The van der Waals surface area contributed by atoms with E-state index in [1.54, 1.807) is 12.8 Å². The summed E-state index contributed by atoms with van der Waals surface area (Å²) in [6, 6.07) is 0. The van der Waals surface area contributed by atoms with Crippen LogP contribution in [-0.2, 0) is 21.9 Å². The Hall–Kier alpha value is 0.479. The van der Waals surface area contributed by atoms with Crippen LogP contribution in [0.5, 0.6) is 0 Å². The smallest absolute Gasteiger partial charge is 0.155 e. The molecule has 0 aromatic heterocycles. The first kappa shape index (κ1) is 15.5. The average Bonchev–Trinajstić information content (AvgIpc) is 2.91. The SMILES string of the molecule is O=C(CCl)[C]1[CH][CH][CH][CH]1.[CH]1[CH][CH][CH][CH]1.[Fe]. The molecule has 0 aromatic carbocycles. The first-order valence-corrected chi connectivity index (χ1v) is 4.85. The van der Waals surface area contributed by atoms with Crippen molar-refractivity contribution >= 4 is 17.4 Å². The van der Waals surface area contributed by atoms with E-state index >= 15 is 0 Å². The van der Waals surface area contributed by atoms with Crippen LogP contribution in [0.2, 0.25) is 0 Å². The summed E-state index contributed by atoms with van der Waals surface area (Å²) < 4.78 is 0. The summed E-state index contributed by atoms with van der Waals surface area (Å²) in [5.41, 5.74) is 0. The molecule has 0 amide bonds. The van der Waals surface area contributed by atoms with Gasteiger partial charge in [-0.05, 0) is 57.8 Å². The molecule has 0 bridgehead atoms. The Kier molecular flexibility index (Phi) is 10.00. The topological polar surface area (TPSA) is 17.1 Å². The molecule has 0 aromatic rings. The molecule has 0 unspecified atom stereocenters. The van der Waals surface area contributed by atoms with Crippen LogP contribution in [0.4, 0.5) is 0 Å². The van der Waals surface area contributed by atoms with Gasteiger partial charge >= 0.3 is 0 Å². The van der Waals surface area contributed by atoms with E-state index in [-0.39, 0.29) is 28.7 Å². The molecule has 3 heteroatoms. The molecular formula is C12H11ClFeO. The van der Waals surface area contributed by atoms with Crippen LogP contribution < -0.4 is 0 Å². The summed E-state index contributed by atoms with van der Waals surface area (Å²) in [4.78, 5) is 10.7. The standard InChI is InChI=1S/C7H6ClO.C5H5.Fe/c8-5-7(9)6-3-1-2-4-6;1-2-4-5-3-1;/h1-4H,5H2;1-5H;. The van der Waals surface area contributed by atoms with Gasteiger partial charge in [0.1, 0.15) is 0 Å². The molecular weight excluding hydrogens is 251 g/mol. The quantitative estimate of drug-likeness (QED) is 0.551. The molecule has 0 aliphatic heterocycles. The van der Waals surface area contributed by atoms with Crippen LogP contribution in [-0.4, -0.2) is 11.7 Å². The number of Topliss-reactive ketones (excluding diaryl/α,β-unsaturated/α-hetero) is 1. The summed E-state index contributed by atoms with van der Waals surface area (Å²) in [5, 5.41) is 0. The third-order valence-corrected chi connectivity index (χ3v) is 1.90. The molecule has 2 aliphatic rings. The normalized spacial score (nSPS) is 20.3. The minimum absolute atomic E-state index is 0. The van der Waals surface area contributed by atoms with Crippen molar-refractivity contribution in [2.75, 3.05) is 5.88 Å². The number of carbonyl (C=O) groups is 1. The summed E-state index contributed by atoms with van der Waals surface area (Å²) in [7, 11) is 0. The summed E-state index contributed by atoms with van der Waals surface area (Å²) >= 11 is 5.29. The van der Waals surface area contributed by atoms with Gasteiger partial charge in [-0.25, -0.2) is 0 Å². The molecule has 0 spiro atoms. The zero-order valence-corrected chi connectivity index (χ0v) is 9.90. The Morgan fingerprint density at radius 2 is 1.33 bits per heavy atom. The Morgan fingerprint density at radius 3 is 1.67 bits per heavy atom. The second-order valence-corrected chi connectivity index (χ2v) is 2.96. The average molecular weight is 263 g/mol. The van der Waals surface area contributed by atoms with Crippen LogP contribution in [0, 0.1) is 63.7 Å². The number of halogens is 1. The molecule has 1 nitrogen and oxygen atoms in total. The molecule has 80 valence electrons. The van der Waals surface area contributed by atoms with Crippen LogP contribution in [0.15, 0.2) is 0 Å². The van der Waals surface area contributed by atoms with Gasteiger partial charge < -0.3 is 0 Å². The Morgan fingerprint density at radius 1 is 0.933 bits per heavy atom. The molecule has 0 N–H and O–H groups in total. The van der Waals surface area contributed by atoms with Crippen LogP contribution in [0.3, 0.4) is 0 Å². The van der Waals surface area contributed by atoms with Crippen molar-refractivity contribution in [3.05, 3.63) is 63.7 Å². The van der Waals surface area contributed by atoms with E-state index in [0.717, 1.165) is 0 Å². The van der Waals surface area contributed by atoms with E-state index < -0.39 is 0 Å². The molecule has 2 rings (SSSR count). The zero-order chi connectivity index (χ0) is 10.2. The summed E-state index contributed by atoms with van der Waals surface area (Å²) in [5.74, 6) is 0.760. The minimum atomic E-state index is -0.0123. The van der Waals surface area contributed by atoms with E-state index in [0.29, 0.717) is 5.92 Å². The van der Waals surface area contributed by atoms with Crippen molar-refractivity contribution in [3.8, 4) is 0 Å². The van der Waals surface area contributed by atoms with Crippen LogP contribution in [0.25, 0.3) is 0 Å². The number of rotatable bonds is 2. The first-order chi connectivity index (χ1) is 6.84. The fraction of sp³-hybridized carbons (Fsp3) is 0.0833.